The lowest BCUT2D eigenvalue weighted by atomic mass is 10.0. The Morgan fingerprint density at radius 3 is 2.75 bits per heavy atom. The van der Waals surface area contributed by atoms with Crippen LogP contribution < -0.4 is 14.8 Å². The van der Waals surface area contributed by atoms with E-state index in [1.54, 1.807) is 0 Å². The van der Waals surface area contributed by atoms with Crippen molar-refractivity contribution in [2.24, 2.45) is 0 Å². The molecule has 4 heteroatoms. The molecule has 1 aliphatic rings. The quantitative estimate of drug-likeness (QED) is 0.633. The van der Waals surface area contributed by atoms with Crippen molar-refractivity contribution >= 4 is 11.6 Å². The average molecular weight is 242 g/mol. The van der Waals surface area contributed by atoms with Crippen molar-refractivity contribution in [1.82, 2.24) is 5.32 Å². The molecule has 0 fully saturated rings. The van der Waals surface area contributed by atoms with Crippen LogP contribution in [0.5, 0.6) is 11.5 Å². The van der Waals surface area contributed by atoms with Gasteiger partial charge in [-0.15, -0.1) is 11.6 Å². The largest absolute Gasteiger partial charge is 0.454 e. The van der Waals surface area contributed by atoms with Gasteiger partial charge in [0, 0.05) is 12.4 Å². The fourth-order valence-corrected chi connectivity index (χ4v) is 1.90. The Morgan fingerprint density at radius 2 is 2.00 bits per heavy atom. The second-order valence-corrected chi connectivity index (χ2v) is 4.20. The van der Waals surface area contributed by atoms with E-state index in [0.29, 0.717) is 12.7 Å². The highest BCUT2D eigenvalue weighted by Gasteiger charge is 2.15. The molecular weight excluding hydrogens is 226 g/mol. The molecule has 0 saturated carbocycles. The molecule has 16 heavy (non-hydrogen) atoms. The van der Waals surface area contributed by atoms with E-state index in [4.69, 9.17) is 21.1 Å². The van der Waals surface area contributed by atoms with Gasteiger partial charge >= 0.3 is 0 Å². The highest BCUT2D eigenvalue weighted by Crippen LogP contribution is 2.34. The van der Waals surface area contributed by atoms with Gasteiger partial charge in [-0.25, -0.2) is 0 Å². The SMILES string of the molecule is Cc1cc2c(cc1CCNCCCl)OCO2. The normalized spacial score (nSPS) is 13.1. The summed E-state index contributed by atoms with van der Waals surface area (Å²) in [6.07, 6.45) is 0.985. The van der Waals surface area contributed by atoms with E-state index in [9.17, 15) is 0 Å². The van der Waals surface area contributed by atoms with Crippen molar-refractivity contribution in [3.63, 3.8) is 0 Å². The third kappa shape index (κ3) is 2.60. The predicted octanol–water partition coefficient (Wildman–Crippen LogP) is 2.09. The van der Waals surface area contributed by atoms with E-state index < -0.39 is 0 Å². The molecule has 1 aliphatic heterocycles. The van der Waals surface area contributed by atoms with Gasteiger partial charge in [0.1, 0.15) is 0 Å². The van der Waals surface area contributed by atoms with Crippen LogP contribution in [-0.4, -0.2) is 25.8 Å². The highest BCUT2D eigenvalue weighted by atomic mass is 35.5. The van der Waals surface area contributed by atoms with Gasteiger partial charge in [-0.2, -0.15) is 0 Å². The minimum Gasteiger partial charge on any atom is -0.454 e. The van der Waals surface area contributed by atoms with Gasteiger partial charge in [0.25, 0.3) is 0 Å². The topological polar surface area (TPSA) is 30.5 Å². The fourth-order valence-electron chi connectivity index (χ4n) is 1.77. The minimum atomic E-state index is 0.336. The molecule has 0 bridgehead atoms. The molecule has 0 unspecified atom stereocenters. The van der Waals surface area contributed by atoms with Crippen LogP contribution in [0, 0.1) is 6.92 Å². The van der Waals surface area contributed by atoms with Crippen molar-refractivity contribution in [2.75, 3.05) is 25.8 Å². The lowest BCUT2D eigenvalue weighted by Gasteiger charge is -2.08. The molecule has 0 radical (unpaired) electrons. The number of ether oxygens (including phenoxy) is 2. The molecule has 1 aromatic rings. The molecular formula is C12H16ClNO2. The Hall–Kier alpha value is -0.930. The number of aryl methyl sites for hydroxylation is 1. The van der Waals surface area contributed by atoms with E-state index in [1.165, 1.54) is 11.1 Å². The first-order chi connectivity index (χ1) is 7.81. The van der Waals surface area contributed by atoms with Gasteiger partial charge in [0.2, 0.25) is 6.79 Å². The lowest BCUT2D eigenvalue weighted by molar-refractivity contribution is 0.174. The maximum atomic E-state index is 5.59. The molecule has 0 aliphatic carbocycles. The molecule has 1 N–H and O–H groups in total. The van der Waals surface area contributed by atoms with Crippen LogP contribution in [-0.2, 0) is 6.42 Å². The van der Waals surface area contributed by atoms with E-state index in [-0.39, 0.29) is 0 Å². The fraction of sp³-hybridized carbons (Fsp3) is 0.500. The van der Waals surface area contributed by atoms with Gasteiger partial charge in [-0.05, 0) is 43.1 Å². The first kappa shape index (κ1) is 11.6. The van der Waals surface area contributed by atoms with E-state index in [0.717, 1.165) is 31.0 Å². The molecule has 0 atom stereocenters. The number of halogens is 1. The number of alkyl halides is 1. The molecule has 3 nitrogen and oxygen atoms in total. The third-order valence-corrected chi connectivity index (χ3v) is 2.86. The second kappa shape index (κ2) is 5.41. The summed E-state index contributed by atoms with van der Waals surface area (Å²) < 4.78 is 10.7. The Labute approximate surface area is 101 Å². The number of hydrogen-bond acceptors (Lipinski definition) is 3. The minimum absolute atomic E-state index is 0.336. The third-order valence-electron chi connectivity index (χ3n) is 2.67. The van der Waals surface area contributed by atoms with Crippen molar-refractivity contribution in [1.29, 1.82) is 0 Å². The van der Waals surface area contributed by atoms with Crippen molar-refractivity contribution in [3.05, 3.63) is 23.3 Å². The number of rotatable bonds is 5. The van der Waals surface area contributed by atoms with Crippen LogP contribution in [0.1, 0.15) is 11.1 Å². The Morgan fingerprint density at radius 1 is 1.25 bits per heavy atom. The number of hydrogen-bond donors (Lipinski definition) is 1. The predicted molar refractivity (Wildman–Crippen MR) is 64.6 cm³/mol. The van der Waals surface area contributed by atoms with Crippen LogP contribution in [0.2, 0.25) is 0 Å². The van der Waals surface area contributed by atoms with Crippen LogP contribution in [0.3, 0.4) is 0 Å². The molecule has 88 valence electrons. The standard InChI is InChI=1S/C12H16ClNO2/c1-9-6-11-12(16-8-15-11)7-10(9)2-4-14-5-3-13/h6-7,14H,2-5,8H2,1H3. The Balaban J connectivity index is 1.98. The maximum Gasteiger partial charge on any atom is 0.231 e. The summed E-state index contributed by atoms with van der Waals surface area (Å²) in [6.45, 7) is 4.22. The summed E-state index contributed by atoms with van der Waals surface area (Å²) in [5, 5.41) is 3.27. The summed E-state index contributed by atoms with van der Waals surface area (Å²) in [7, 11) is 0. The van der Waals surface area contributed by atoms with Crippen molar-refractivity contribution in [2.45, 2.75) is 13.3 Å². The summed E-state index contributed by atoms with van der Waals surface area (Å²) >= 11 is 5.59. The molecule has 1 heterocycles. The van der Waals surface area contributed by atoms with Crippen molar-refractivity contribution < 1.29 is 9.47 Å². The average Bonchev–Trinajstić information content (AvgIpc) is 2.71. The maximum absolute atomic E-state index is 5.59. The van der Waals surface area contributed by atoms with Gasteiger partial charge in [0.05, 0.1) is 0 Å². The van der Waals surface area contributed by atoms with Crippen LogP contribution in [0.15, 0.2) is 12.1 Å². The van der Waals surface area contributed by atoms with Gasteiger partial charge in [-0.1, -0.05) is 0 Å². The molecule has 0 aromatic heterocycles. The number of benzene rings is 1. The lowest BCUT2D eigenvalue weighted by Crippen LogP contribution is -2.19. The Kier molecular flexibility index (Phi) is 3.91. The van der Waals surface area contributed by atoms with Crippen LogP contribution in [0.4, 0.5) is 0 Å². The smallest absolute Gasteiger partial charge is 0.231 e. The van der Waals surface area contributed by atoms with E-state index in [1.807, 2.05) is 6.07 Å². The number of fused-ring (bicyclic) bond motifs is 1. The monoisotopic (exact) mass is 241 g/mol. The molecule has 0 saturated heterocycles. The summed E-state index contributed by atoms with van der Waals surface area (Å²) in [4.78, 5) is 0. The molecule has 1 aromatic carbocycles. The summed E-state index contributed by atoms with van der Waals surface area (Å²) in [5.74, 6) is 2.37. The van der Waals surface area contributed by atoms with Gasteiger partial charge in [0.15, 0.2) is 11.5 Å². The zero-order valence-electron chi connectivity index (χ0n) is 9.38. The number of nitrogens with one attached hydrogen (secondary N) is 1. The van der Waals surface area contributed by atoms with E-state index in [2.05, 4.69) is 18.3 Å². The van der Waals surface area contributed by atoms with Gasteiger partial charge < -0.3 is 14.8 Å². The zero-order chi connectivity index (χ0) is 11.4. The first-order valence-corrected chi connectivity index (χ1v) is 6.00. The second-order valence-electron chi connectivity index (χ2n) is 3.82. The van der Waals surface area contributed by atoms with Crippen molar-refractivity contribution in [3.8, 4) is 11.5 Å². The summed E-state index contributed by atoms with van der Waals surface area (Å²) in [6, 6.07) is 4.11. The summed E-state index contributed by atoms with van der Waals surface area (Å²) in [5.41, 5.74) is 2.54. The highest BCUT2D eigenvalue weighted by molar-refractivity contribution is 6.18. The zero-order valence-corrected chi connectivity index (χ0v) is 10.1. The van der Waals surface area contributed by atoms with Gasteiger partial charge in [-0.3, -0.25) is 0 Å². The molecule has 2 rings (SSSR count). The first-order valence-electron chi connectivity index (χ1n) is 5.47. The molecule has 0 spiro atoms. The van der Waals surface area contributed by atoms with Crippen LogP contribution >= 0.6 is 11.6 Å². The van der Waals surface area contributed by atoms with E-state index >= 15 is 0 Å². The molecule has 0 amide bonds. The van der Waals surface area contributed by atoms with Crippen LogP contribution in [0.25, 0.3) is 0 Å². The Bertz CT molecular complexity index is 368.